The van der Waals surface area contributed by atoms with Gasteiger partial charge in [-0.1, -0.05) is 0 Å². The average molecular weight is 547 g/mol. The molecule has 0 aromatic carbocycles. The molecule has 1 aromatic rings. The second-order valence-corrected chi connectivity index (χ2v) is 6.68. The molecule has 0 saturated carbocycles. The summed E-state index contributed by atoms with van der Waals surface area (Å²) in [7, 11) is 4.62. The Morgan fingerprint density at radius 2 is 1.93 bits per heavy atom. The lowest BCUT2D eigenvalue weighted by Gasteiger charge is -2.36. The van der Waals surface area contributed by atoms with Crippen molar-refractivity contribution in [1.29, 1.82) is 0 Å². The maximum absolute atomic E-state index is 13.1. The van der Waals surface area contributed by atoms with Crippen molar-refractivity contribution in [3.05, 3.63) is 17.5 Å². The maximum atomic E-state index is 13.1. The molecule has 30 heavy (non-hydrogen) atoms. The summed E-state index contributed by atoms with van der Waals surface area (Å²) in [6.45, 7) is 3.74. The van der Waals surface area contributed by atoms with Crippen molar-refractivity contribution in [3.8, 4) is 0 Å². The van der Waals surface area contributed by atoms with Crippen LogP contribution in [0.3, 0.4) is 0 Å². The van der Waals surface area contributed by atoms with Crippen molar-refractivity contribution in [3.63, 3.8) is 0 Å². The molecule has 1 saturated heterocycles. The third-order valence-corrected chi connectivity index (χ3v) is 4.49. The van der Waals surface area contributed by atoms with E-state index in [1.165, 1.54) is 13.2 Å². The predicted octanol–water partition coefficient (Wildman–Crippen LogP) is 0.513. The Bertz CT molecular complexity index is 704. The highest BCUT2D eigenvalue weighted by Gasteiger charge is 2.37. The number of alkyl halides is 3. The number of amides is 1. The summed E-state index contributed by atoms with van der Waals surface area (Å²) in [5, 5.41) is 9.27. The maximum Gasteiger partial charge on any atom is 0.435 e. The minimum atomic E-state index is -4.50. The molecular formula is C17H29F3IN7O2. The van der Waals surface area contributed by atoms with E-state index < -0.39 is 11.9 Å². The van der Waals surface area contributed by atoms with Crippen molar-refractivity contribution in [2.45, 2.75) is 12.7 Å². The van der Waals surface area contributed by atoms with Crippen LogP contribution in [-0.4, -0.2) is 91.5 Å². The van der Waals surface area contributed by atoms with Gasteiger partial charge in [0.2, 0.25) is 5.91 Å². The minimum absolute atomic E-state index is 0. The van der Waals surface area contributed by atoms with Gasteiger partial charge in [0.15, 0.2) is 11.7 Å². The lowest BCUT2D eigenvalue weighted by atomic mass is 10.2. The number of aryl methyl sites for hydroxylation is 1. The Hall–Kier alpha value is -1.61. The second-order valence-electron chi connectivity index (χ2n) is 6.68. The van der Waals surface area contributed by atoms with Crippen molar-refractivity contribution in [1.82, 2.24) is 30.2 Å². The molecule has 0 atom stereocenters. The Morgan fingerprint density at radius 1 is 1.27 bits per heavy atom. The van der Waals surface area contributed by atoms with Crippen molar-refractivity contribution < 1.29 is 22.7 Å². The van der Waals surface area contributed by atoms with Crippen LogP contribution in [0.15, 0.2) is 11.2 Å². The van der Waals surface area contributed by atoms with E-state index in [2.05, 4.69) is 20.7 Å². The summed E-state index contributed by atoms with van der Waals surface area (Å²) in [6.07, 6.45) is -3.15. The fraction of sp³-hybridized carbons (Fsp3) is 0.706. The lowest BCUT2D eigenvalue weighted by Crippen LogP contribution is -2.54. The van der Waals surface area contributed by atoms with E-state index >= 15 is 0 Å². The number of ether oxygens (including phenoxy) is 1. The number of carbonyl (C=O) groups excluding carboxylic acids is 1. The molecule has 172 valence electrons. The number of carbonyl (C=O) groups is 1. The van der Waals surface area contributed by atoms with Crippen LogP contribution in [0.1, 0.15) is 11.3 Å². The smallest absolute Gasteiger partial charge is 0.383 e. The molecule has 0 spiro atoms. The number of rotatable bonds is 7. The first-order chi connectivity index (χ1) is 13.7. The summed E-state index contributed by atoms with van der Waals surface area (Å²) in [4.78, 5) is 20.0. The fourth-order valence-electron chi connectivity index (χ4n) is 3.08. The number of halogens is 4. The zero-order valence-electron chi connectivity index (χ0n) is 17.3. The standard InChI is InChI=1S/C17H28F3N7O2.HI/c1-21-16(23-10-13-11-25(2)24-15(13)17(18,19)20)27-7-5-26(6-8-27)12-14(28)22-4-9-29-3;/h11H,4-10,12H2,1-3H3,(H,21,23)(H,22,28);1H. The van der Waals surface area contributed by atoms with Crippen LogP contribution in [0.5, 0.6) is 0 Å². The zero-order valence-corrected chi connectivity index (χ0v) is 19.7. The third kappa shape index (κ3) is 7.91. The molecule has 0 unspecified atom stereocenters. The van der Waals surface area contributed by atoms with Gasteiger partial charge in [-0.25, -0.2) is 0 Å². The summed E-state index contributed by atoms with van der Waals surface area (Å²) >= 11 is 0. The summed E-state index contributed by atoms with van der Waals surface area (Å²) in [5.74, 6) is 0.459. The molecule has 0 bridgehead atoms. The quantitative estimate of drug-likeness (QED) is 0.224. The summed E-state index contributed by atoms with van der Waals surface area (Å²) in [5.41, 5.74) is -0.834. The number of piperazine rings is 1. The number of aromatic nitrogens is 2. The molecule has 0 aliphatic carbocycles. The number of aliphatic imine (C=N–C) groups is 1. The first-order valence-corrected chi connectivity index (χ1v) is 9.28. The van der Waals surface area contributed by atoms with Gasteiger partial charge in [0, 0.05) is 72.2 Å². The highest BCUT2D eigenvalue weighted by atomic mass is 127. The van der Waals surface area contributed by atoms with E-state index in [4.69, 9.17) is 4.74 Å². The molecule has 2 N–H and O–H groups in total. The molecule has 2 rings (SSSR count). The lowest BCUT2D eigenvalue weighted by molar-refractivity contribution is -0.142. The Balaban J connectivity index is 0.00000450. The fourth-order valence-corrected chi connectivity index (χ4v) is 3.08. The van der Waals surface area contributed by atoms with E-state index in [-0.39, 0.29) is 42.0 Å². The molecule has 1 amide bonds. The molecule has 1 aromatic heterocycles. The number of guanidine groups is 1. The first kappa shape index (κ1) is 26.4. The van der Waals surface area contributed by atoms with Crippen molar-refractivity contribution in [2.75, 3.05) is 60.0 Å². The molecular weight excluding hydrogens is 518 g/mol. The van der Waals surface area contributed by atoms with Gasteiger partial charge in [-0.3, -0.25) is 19.4 Å². The molecule has 1 aliphatic heterocycles. The molecule has 9 nitrogen and oxygen atoms in total. The monoisotopic (exact) mass is 547 g/mol. The van der Waals surface area contributed by atoms with E-state index in [0.717, 1.165) is 4.68 Å². The molecule has 1 fully saturated rings. The molecule has 2 heterocycles. The van der Waals surface area contributed by atoms with Crippen LogP contribution in [0.4, 0.5) is 13.2 Å². The predicted molar refractivity (Wildman–Crippen MR) is 117 cm³/mol. The van der Waals surface area contributed by atoms with Crippen molar-refractivity contribution >= 4 is 35.8 Å². The van der Waals surface area contributed by atoms with Crippen LogP contribution in [0.2, 0.25) is 0 Å². The zero-order chi connectivity index (χ0) is 21.4. The van der Waals surface area contributed by atoms with Crippen LogP contribution in [0, 0.1) is 0 Å². The van der Waals surface area contributed by atoms with Gasteiger partial charge in [0.1, 0.15) is 0 Å². The third-order valence-electron chi connectivity index (χ3n) is 4.49. The van der Waals surface area contributed by atoms with Crippen LogP contribution < -0.4 is 10.6 Å². The second kappa shape index (κ2) is 12.3. The molecule has 13 heteroatoms. The number of methoxy groups -OCH3 is 1. The SMILES string of the molecule is CN=C(NCc1cn(C)nc1C(F)(F)F)N1CCN(CC(=O)NCCOC)CC1.I. The van der Waals surface area contributed by atoms with Gasteiger partial charge >= 0.3 is 6.18 Å². The highest BCUT2D eigenvalue weighted by molar-refractivity contribution is 14.0. The van der Waals surface area contributed by atoms with E-state index in [9.17, 15) is 18.0 Å². The number of hydrogen-bond donors (Lipinski definition) is 2. The van der Waals surface area contributed by atoms with E-state index in [0.29, 0.717) is 51.8 Å². The average Bonchev–Trinajstić information content (AvgIpc) is 3.05. The largest absolute Gasteiger partial charge is 0.435 e. The van der Waals surface area contributed by atoms with Crippen LogP contribution >= 0.6 is 24.0 Å². The Labute approximate surface area is 191 Å². The van der Waals surface area contributed by atoms with Crippen LogP contribution in [0.25, 0.3) is 0 Å². The van der Waals surface area contributed by atoms with Crippen LogP contribution in [-0.2, 0) is 29.3 Å². The van der Waals surface area contributed by atoms with Gasteiger partial charge < -0.3 is 20.3 Å². The molecule has 1 aliphatic rings. The van der Waals surface area contributed by atoms with E-state index in [1.54, 1.807) is 14.2 Å². The normalized spacial score (nSPS) is 15.7. The number of hydrogen-bond acceptors (Lipinski definition) is 5. The van der Waals surface area contributed by atoms with Crippen molar-refractivity contribution in [2.24, 2.45) is 12.0 Å². The summed E-state index contributed by atoms with van der Waals surface area (Å²) < 4.78 is 45.3. The van der Waals surface area contributed by atoms with E-state index in [1.807, 2.05) is 9.80 Å². The highest BCUT2D eigenvalue weighted by Crippen LogP contribution is 2.30. The minimum Gasteiger partial charge on any atom is -0.383 e. The summed E-state index contributed by atoms with van der Waals surface area (Å²) in [6, 6.07) is 0. The van der Waals surface area contributed by atoms with Gasteiger partial charge in [0.25, 0.3) is 0 Å². The topological polar surface area (TPSA) is 87.0 Å². The van der Waals surface area contributed by atoms with Gasteiger partial charge in [0.05, 0.1) is 13.2 Å². The van der Waals surface area contributed by atoms with Gasteiger partial charge in [-0.2, -0.15) is 18.3 Å². The molecule has 0 radical (unpaired) electrons. The Morgan fingerprint density at radius 3 is 2.50 bits per heavy atom. The number of nitrogens with one attached hydrogen (secondary N) is 2. The van der Waals surface area contributed by atoms with Gasteiger partial charge in [-0.15, -0.1) is 24.0 Å². The Kier molecular flexibility index (Phi) is 10.8. The van der Waals surface area contributed by atoms with Gasteiger partial charge in [-0.05, 0) is 0 Å². The number of nitrogens with zero attached hydrogens (tertiary/aromatic N) is 5. The first-order valence-electron chi connectivity index (χ1n) is 9.28.